The second-order valence-electron chi connectivity index (χ2n) is 6.82. The van der Waals surface area contributed by atoms with Gasteiger partial charge in [-0.3, -0.25) is 4.79 Å². The zero-order valence-electron chi connectivity index (χ0n) is 18.2. The minimum Gasteiger partial charge on any atom is -0.497 e. The number of hydrazone groups is 1. The fourth-order valence-corrected chi connectivity index (χ4v) is 2.90. The zero-order valence-corrected chi connectivity index (χ0v) is 18.2. The van der Waals surface area contributed by atoms with Gasteiger partial charge in [-0.1, -0.05) is 12.1 Å². The molecule has 9 heteroatoms. The van der Waals surface area contributed by atoms with E-state index in [1.807, 2.05) is 25.1 Å². The maximum atomic E-state index is 12.1. The molecule has 9 nitrogen and oxygen atoms in total. The number of carboxylic acids is 1. The summed E-state index contributed by atoms with van der Waals surface area (Å²) in [5.41, 5.74) is 4.01. The van der Waals surface area contributed by atoms with Crippen molar-refractivity contribution in [3.05, 3.63) is 77.2 Å². The highest BCUT2D eigenvalue weighted by molar-refractivity contribution is 5.84. The van der Waals surface area contributed by atoms with Gasteiger partial charge in [-0.05, 0) is 60.5 Å². The van der Waals surface area contributed by atoms with Crippen LogP contribution in [0.2, 0.25) is 0 Å². The summed E-state index contributed by atoms with van der Waals surface area (Å²) in [5.74, 6) is 0.444. The van der Waals surface area contributed by atoms with Gasteiger partial charge in [0.05, 0.1) is 26.4 Å². The highest BCUT2D eigenvalue weighted by atomic mass is 16.5. The predicted molar refractivity (Wildman–Crippen MR) is 120 cm³/mol. The number of benzene rings is 2. The molecule has 1 heterocycles. The van der Waals surface area contributed by atoms with Gasteiger partial charge in [0, 0.05) is 0 Å². The van der Waals surface area contributed by atoms with Crippen molar-refractivity contribution in [2.45, 2.75) is 20.0 Å². The Morgan fingerprint density at radius 3 is 2.67 bits per heavy atom. The monoisotopic (exact) mass is 452 g/mol. The van der Waals surface area contributed by atoms with Crippen LogP contribution in [-0.4, -0.2) is 36.9 Å². The van der Waals surface area contributed by atoms with Crippen LogP contribution in [0.15, 0.2) is 64.1 Å². The topological polar surface area (TPSA) is 120 Å². The van der Waals surface area contributed by atoms with Gasteiger partial charge >= 0.3 is 5.97 Å². The zero-order chi connectivity index (χ0) is 23.6. The lowest BCUT2D eigenvalue weighted by molar-refractivity contribution is -0.120. The van der Waals surface area contributed by atoms with Crippen molar-refractivity contribution in [3.8, 4) is 17.2 Å². The minimum absolute atomic E-state index is 0.0428. The molecule has 2 aromatic carbocycles. The number of carbonyl (C=O) groups is 2. The van der Waals surface area contributed by atoms with Crippen molar-refractivity contribution < 1.29 is 33.3 Å². The van der Waals surface area contributed by atoms with Gasteiger partial charge in [0.1, 0.15) is 18.1 Å². The number of hydrogen-bond donors (Lipinski definition) is 2. The summed E-state index contributed by atoms with van der Waals surface area (Å²) in [6.07, 6.45) is 1.67. The summed E-state index contributed by atoms with van der Waals surface area (Å²) in [6.45, 7) is 2.30. The number of methoxy groups -OCH3 is 1. The first-order chi connectivity index (χ1) is 16.0. The molecule has 33 heavy (non-hydrogen) atoms. The lowest BCUT2D eigenvalue weighted by Crippen LogP contribution is -2.19. The smallest absolute Gasteiger partial charge is 0.371 e. The fraction of sp³-hybridized carbons (Fsp3) is 0.208. The highest BCUT2D eigenvalue weighted by Gasteiger charge is 2.11. The molecule has 3 rings (SSSR count). The number of hydrogen-bond acceptors (Lipinski definition) is 7. The Kier molecular flexibility index (Phi) is 8.07. The molecule has 0 unspecified atom stereocenters. The summed E-state index contributed by atoms with van der Waals surface area (Å²) in [7, 11) is 1.57. The number of nitrogens with one attached hydrogen (secondary N) is 1. The standard InChI is InChI=1S/C24H24N2O7/c1-3-31-22-12-17(7-9-20(22)32-15-19-8-10-21(33-19)24(28)29)14-25-26-23(27)13-16-5-4-6-18(11-16)30-2/h4-12,14H,3,13,15H2,1-2H3,(H,26,27)(H,28,29). The lowest BCUT2D eigenvalue weighted by atomic mass is 10.1. The molecule has 0 saturated carbocycles. The van der Waals surface area contributed by atoms with Gasteiger partial charge < -0.3 is 23.7 Å². The van der Waals surface area contributed by atoms with E-state index >= 15 is 0 Å². The van der Waals surface area contributed by atoms with E-state index in [0.29, 0.717) is 35.2 Å². The Morgan fingerprint density at radius 2 is 1.94 bits per heavy atom. The summed E-state index contributed by atoms with van der Waals surface area (Å²) in [4.78, 5) is 23.0. The summed E-state index contributed by atoms with van der Waals surface area (Å²) in [6, 6.07) is 15.3. The van der Waals surface area contributed by atoms with E-state index < -0.39 is 5.97 Å². The summed E-state index contributed by atoms with van der Waals surface area (Å²) >= 11 is 0. The molecule has 0 fully saturated rings. The Bertz CT molecular complexity index is 1140. The fourth-order valence-electron chi connectivity index (χ4n) is 2.90. The van der Waals surface area contributed by atoms with Crippen LogP contribution in [0.4, 0.5) is 0 Å². The quantitative estimate of drug-likeness (QED) is 0.337. The normalized spacial score (nSPS) is 10.7. The molecule has 3 aromatic rings. The lowest BCUT2D eigenvalue weighted by Gasteiger charge is -2.11. The number of nitrogens with zero attached hydrogens (tertiary/aromatic N) is 1. The maximum absolute atomic E-state index is 12.1. The number of rotatable bonds is 11. The highest BCUT2D eigenvalue weighted by Crippen LogP contribution is 2.29. The molecule has 0 spiro atoms. The summed E-state index contributed by atoms with van der Waals surface area (Å²) < 4.78 is 21.7. The van der Waals surface area contributed by atoms with E-state index in [1.165, 1.54) is 12.3 Å². The molecule has 0 aliphatic rings. The molecule has 1 amide bonds. The molecule has 0 aliphatic carbocycles. The molecular weight excluding hydrogens is 428 g/mol. The first-order valence-corrected chi connectivity index (χ1v) is 10.1. The average molecular weight is 452 g/mol. The van der Waals surface area contributed by atoms with Gasteiger partial charge in [0.15, 0.2) is 11.5 Å². The van der Waals surface area contributed by atoms with Crippen molar-refractivity contribution in [1.29, 1.82) is 0 Å². The van der Waals surface area contributed by atoms with Crippen LogP contribution >= 0.6 is 0 Å². The van der Waals surface area contributed by atoms with Crippen LogP contribution in [0.5, 0.6) is 17.2 Å². The first kappa shape index (κ1) is 23.4. The van der Waals surface area contributed by atoms with E-state index in [-0.39, 0.29) is 24.7 Å². The van der Waals surface area contributed by atoms with Crippen molar-refractivity contribution >= 4 is 18.1 Å². The number of furan rings is 1. The van der Waals surface area contributed by atoms with Crippen LogP contribution < -0.4 is 19.6 Å². The summed E-state index contributed by atoms with van der Waals surface area (Å²) in [5, 5.41) is 12.9. The molecule has 2 N–H and O–H groups in total. The Hall–Kier alpha value is -4.27. The molecule has 172 valence electrons. The van der Waals surface area contributed by atoms with Crippen molar-refractivity contribution in [1.82, 2.24) is 5.43 Å². The third-order valence-electron chi connectivity index (χ3n) is 4.41. The van der Waals surface area contributed by atoms with Crippen LogP contribution in [0.1, 0.15) is 34.4 Å². The number of carbonyl (C=O) groups excluding carboxylic acids is 1. The van der Waals surface area contributed by atoms with E-state index in [0.717, 1.165) is 5.56 Å². The second-order valence-corrected chi connectivity index (χ2v) is 6.82. The van der Waals surface area contributed by atoms with Crippen molar-refractivity contribution in [2.75, 3.05) is 13.7 Å². The van der Waals surface area contributed by atoms with E-state index in [4.69, 9.17) is 23.7 Å². The Labute approximate surface area is 190 Å². The molecule has 0 bridgehead atoms. The van der Waals surface area contributed by atoms with Gasteiger partial charge in [0.2, 0.25) is 11.7 Å². The number of carboxylic acid groups (broad SMARTS) is 1. The first-order valence-electron chi connectivity index (χ1n) is 10.1. The Morgan fingerprint density at radius 1 is 1.09 bits per heavy atom. The molecular formula is C24H24N2O7. The maximum Gasteiger partial charge on any atom is 0.371 e. The third kappa shape index (κ3) is 6.86. The average Bonchev–Trinajstić information content (AvgIpc) is 3.28. The van der Waals surface area contributed by atoms with Crippen LogP contribution in [0, 0.1) is 0 Å². The largest absolute Gasteiger partial charge is 0.497 e. The number of aromatic carboxylic acids is 1. The van der Waals surface area contributed by atoms with E-state index in [9.17, 15) is 9.59 Å². The second kappa shape index (κ2) is 11.4. The van der Waals surface area contributed by atoms with Crippen molar-refractivity contribution in [2.24, 2.45) is 5.10 Å². The molecule has 0 radical (unpaired) electrons. The van der Waals surface area contributed by atoms with Gasteiger partial charge in [-0.2, -0.15) is 5.10 Å². The minimum atomic E-state index is -1.14. The third-order valence-corrected chi connectivity index (χ3v) is 4.41. The predicted octanol–water partition coefficient (Wildman–Crippen LogP) is 3.66. The van der Waals surface area contributed by atoms with Gasteiger partial charge in [-0.25, -0.2) is 10.2 Å². The van der Waals surface area contributed by atoms with E-state index in [2.05, 4.69) is 10.5 Å². The van der Waals surface area contributed by atoms with Gasteiger partial charge in [-0.15, -0.1) is 0 Å². The molecule has 1 aromatic heterocycles. The number of ether oxygens (including phenoxy) is 3. The molecule has 0 saturated heterocycles. The SMILES string of the molecule is CCOc1cc(C=NNC(=O)Cc2cccc(OC)c2)ccc1OCc1ccc(C(=O)O)o1. The molecule has 0 atom stereocenters. The van der Waals surface area contributed by atoms with Crippen LogP contribution in [-0.2, 0) is 17.8 Å². The van der Waals surface area contributed by atoms with Crippen LogP contribution in [0.25, 0.3) is 0 Å². The Balaban J connectivity index is 1.59. The van der Waals surface area contributed by atoms with Crippen molar-refractivity contribution in [3.63, 3.8) is 0 Å². The van der Waals surface area contributed by atoms with E-state index in [1.54, 1.807) is 37.4 Å². The number of amides is 1. The molecule has 0 aliphatic heterocycles. The van der Waals surface area contributed by atoms with Gasteiger partial charge in [0.25, 0.3) is 0 Å². The van der Waals surface area contributed by atoms with Crippen LogP contribution in [0.3, 0.4) is 0 Å².